The third-order valence-electron chi connectivity index (χ3n) is 3.98. The summed E-state index contributed by atoms with van der Waals surface area (Å²) in [5.74, 6) is 0. The summed E-state index contributed by atoms with van der Waals surface area (Å²) >= 11 is 0. The van der Waals surface area contributed by atoms with Gasteiger partial charge in [0.2, 0.25) is 0 Å². The summed E-state index contributed by atoms with van der Waals surface area (Å²) < 4.78 is 0. The van der Waals surface area contributed by atoms with Crippen molar-refractivity contribution < 1.29 is 0 Å². The Morgan fingerprint density at radius 1 is 1.11 bits per heavy atom. The Kier molecular flexibility index (Phi) is 4.75. The number of aryl methyl sites for hydroxylation is 1. The quantitative estimate of drug-likeness (QED) is 0.878. The summed E-state index contributed by atoms with van der Waals surface area (Å²) in [4.78, 5) is 5.02. The lowest BCUT2D eigenvalue weighted by molar-refractivity contribution is 0.102. The van der Waals surface area contributed by atoms with Gasteiger partial charge in [0.15, 0.2) is 0 Å². The Bertz CT molecular complexity index is 353. The molecule has 0 amide bonds. The predicted octanol–water partition coefficient (Wildman–Crippen LogP) is 1.63. The molecule has 1 saturated heterocycles. The summed E-state index contributed by atoms with van der Waals surface area (Å²) in [7, 11) is 0. The highest BCUT2D eigenvalue weighted by Gasteiger charge is 2.23. The molecule has 1 aliphatic heterocycles. The van der Waals surface area contributed by atoms with E-state index in [0.717, 1.165) is 19.6 Å². The zero-order valence-electron chi connectivity index (χ0n) is 11.6. The zero-order valence-corrected chi connectivity index (χ0v) is 11.6. The summed E-state index contributed by atoms with van der Waals surface area (Å²) in [6.45, 7) is 10.8. The molecule has 0 aromatic heterocycles. The number of hydrogen-bond donors (Lipinski definition) is 1. The van der Waals surface area contributed by atoms with Crippen molar-refractivity contribution in [1.29, 1.82) is 0 Å². The van der Waals surface area contributed by atoms with E-state index in [4.69, 9.17) is 5.73 Å². The van der Waals surface area contributed by atoms with E-state index in [2.05, 4.69) is 47.9 Å². The molecule has 1 aromatic carbocycles. The molecule has 18 heavy (non-hydrogen) atoms. The van der Waals surface area contributed by atoms with Crippen LogP contribution in [0.5, 0.6) is 0 Å². The van der Waals surface area contributed by atoms with Crippen LogP contribution in [0.3, 0.4) is 0 Å². The minimum Gasteiger partial charge on any atom is -0.329 e. The second-order valence-corrected chi connectivity index (χ2v) is 5.13. The highest BCUT2D eigenvalue weighted by molar-refractivity contribution is 5.24. The van der Waals surface area contributed by atoms with E-state index in [0.29, 0.717) is 12.6 Å². The van der Waals surface area contributed by atoms with Crippen LogP contribution in [0.2, 0.25) is 0 Å². The van der Waals surface area contributed by atoms with Crippen LogP contribution in [-0.2, 0) is 0 Å². The fraction of sp³-hybridized carbons (Fsp3) is 0.600. The number of nitrogens with two attached hydrogens (primary N) is 1. The molecule has 0 bridgehead atoms. The maximum Gasteiger partial charge on any atom is 0.0471 e. The molecule has 2 N–H and O–H groups in total. The molecule has 0 spiro atoms. The highest BCUT2D eigenvalue weighted by atomic mass is 15.3. The van der Waals surface area contributed by atoms with Crippen molar-refractivity contribution in [3.63, 3.8) is 0 Å². The van der Waals surface area contributed by atoms with Crippen LogP contribution in [0.1, 0.15) is 24.1 Å². The minimum atomic E-state index is 0.379. The first-order chi connectivity index (χ1) is 8.74. The first-order valence-electron chi connectivity index (χ1n) is 6.97. The van der Waals surface area contributed by atoms with Gasteiger partial charge in [0.1, 0.15) is 0 Å². The normalized spacial score (nSPS) is 19.9. The standard InChI is InChI=1S/C15H25N3/c1-3-17-8-10-18(11-9-17)15(12-16)14-6-4-13(2)5-7-14/h4-7,15H,3,8-12,16H2,1-2H3/t15-/m1/s1. The molecule has 0 aliphatic carbocycles. The van der Waals surface area contributed by atoms with Crippen molar-refractivity contribution >= 4 is 0 Å². The number of rotatable bonds is 4. The Morgan fingerprint density at radius 3 is 2.22 bits per heavy atom. The van der Waals surface area contributed by atoms with E-state index in [1.807, 2.05) is 0 Å². The van der Waals surface area contributed by atoms with Crippen molar-refractivity contribution in [1.82, 2.24) is 9.80 Å². The highest BCUT2D eigenvalue weighted by Crippen LogP contribution is 2.21. The fourth-order valence-corrected chi connectivity index (χ4v) is 2.68. The average molecular weight is 247 g/mol. The van der Waals surface area contributed by atoms with E-state index >= 15 is 0 Å². The smallest absolute Gasteiger partial charge is 0.0471 e. The summed E-state index contributed by atoms with van der Waals surface area (Å²) in [5, 5.41) is 0. The Balaban J connectivity index is 2.03. The minimum absolute atomic E-state index is 0.379. The van der Waals surface area contributed by atoms with E-state index < -0.39 is 0 Å². The molecular weight excluding hydrogens is 222 g/mol. The Labute approximate surface area is 111 Å². The molecule has 3 heteroatoms. The second-order valence-electron chi connectivity index (χ2n) is 5.13. The van der Waals surface area contributed by atoms with Crippen LogP contribution in [0, 0.1) is 6.92 Å². The molecule has 1 aliphatic rings. The van der Waals surface area contributed by atoms with Crippen molar-refractivity contribution in [2.45, 2.75) is 19.9 Å². The molecule has 1 fully saturated rings. The van der Waals surface area contributed by atoms with Gasteiger partial charge in [-0.2, -0.15) is 0 Å². The van der Waals surface area contributed by atoms with Crippen LogP contribution in [0.4, 0.5) is 0 Å². The first-order valence-corrected chi connectivity index (χ1v) is 6.97. The number of nitrogens with zero attached hydrogens (tertiary/aromatic N) is 2. The third kappa shape index (κ3) is 3.10. The zero-order chi connectivity index (χ0) is 13.0. The number of likely N-dealkylation sites (N-methyl/N-ethyl adjacent to an activating group) is 1. The lowest BCUT2D eigenvalue weighted by Crippen LogP contribution is -2.48. The molecule has 100 valence electrons. The number of piperazine rings is 1. The molecule has 0 unspecified atom stereocenters. The summed E-state index contributed by atoms with van der Waals surface area (Å²) in [6.07, 6.45) is 0. The number of hydrogen-bond acceptors (Lipinski definition) is 3. The van der Waals surface area contributed by atoms with Gasteiger partial charge in [0, 0.05) is 38.8 Å². The van der Waals surface area contributed by atoms with Gasteiger partial charge in [-0.15, -0.1) is 0 Å². The molecule has 0 saturated carbocycles. The molecule has 0 radical (unpaired) electrons. The van der Waals surface area contributed by atoms with Crippen LogP contribution in [-0.4, -0.2) is 49.1 Å². The monoisotopic (exact) mass is 247 g/mol. The van der Waals surface area contributed by atoms with Crippen molar-refractivity contribution in [2.75, 3.05) is 39.3 Å². The van der Waals surface area contributed by atoms with Crippen molar-refractivity contribution in [3.05, 3.63) is 35.4 Å². The fourth-order valence-electron chi connectivity index (χ4n) is 2.68. The largest absolute Gasteiger partial charge is 0.329 e. The first kappa shape index (κ1) is 13.5. The SMILES string of the molecule is CCN1CCN([C@H](CN)c2ccc(C)cc2)CC1. The van der Waals surface area contributed by atoms with Crippen molar-refractivity contribution in [3.8, 4) is 0 Å². The third-order valence-corrected chi connectivity index (χ3v) is 3.98. The van der Waals surface area contributed by atoms with Crippen LogP contribution in [0.25, 0.3) is 0 Å². The van der Waals surface area contributed by atoms with Gasteiger partial charge in [-0.3, -0.25) is 4.90 Å². The van der Waals surface area contributed by atoms with Crippen molar-refractivity contribution in [2.24, 2.45) is 5.73 Å². The Morgan fingerprint density at radius 2 is 1.72 bits per heavy atom. The molecule has 3 nitrogen and oxygen atoms in total. The number of benzene rings is 1. The van der Waals surface area contributed by atoms with Gasteiger partial charge in [-0.1, -0.05) is 36.8 Å². The van der Waals surface area contributed by atoms with Gasteiger partial charge in [-0.05, 0) is 19.0 Å². The van der Waals surface area contributed by atoms with E-state index in [9.17, 15) is 0 Å². The lowest BCUT2D eigenvalue weighted by atomic mass is 10.0. The Hall–Kier alpha value is -0.900. The average Bonchev–Trinajstić information content (AvgIpc) is 2.42. The van der Waals surface area contributed by atoms with Crippen LogP contribution >= 0.6 is 0 Å². The van der Waals surface area contributed by atoms with Gasteiger partial charge >= 0.3 is 0 Å². The predicted molar refractivity (Wildman–Crippen MR) is 76.7 cm³/mol. The van der Waals surface area contributed by atoms with E-state index in [-0.39, 0.29) is 0 Å². The molecule has 1 atom stereocenters. The van der Waals surface area contributed by atoms with Crippen LogP contribution in [0.15, 0.2) is 24.3 Å². The summed E-state index contributed by atoms with van der Waals surface area (Å²) in [6, 6.07) is 9.18. The van der Waals surface area contributed by atoms with Gasteiger partial charge in [0.25, 0.3) is 0 Å². The molecule has 2 rings (SSSR count). The van der Waals surface area contributed by atoms with E-state index in [1.165, 1.54) is 24.2 Å². The summed E-state index contributed by atoms with van der Waals surface area (Å²) in [5.41, 5.74) is 8.65. The topological polar surface area (TPSA) is 32.5 Å². The molecule has 1 heterocycles. The van der Waals surface area contributed by atoms with E-state index in [1.54, 1.807) is 0 Å². The van der Waals surface area contributed by atoms with Gasteiger partial charge in [-0.25, -0.2) is 0 Å². The molecule has 1 aromatic rings. The van der Waals surface area contributed by atoms with Gasteiger partial charge in [0.05, 0.1) is 0 Å². The maximum atomic E-state index is 5.99. The maximum absolute atomic E-state index is 5.99. The van der Waals surface area contributed by atoms with Gasteiger partial charge < -0.3 is 10.6 Å². The van der Waals surface area contributed by atoms with Crippen LogP contribution < -0.4 is 5.73 Å². The second kappa shape index (κ2) is 6.32. The lowest BCUT2D eigenvalue weighted by Gasteiger charge is -2.38. The molecular formula is C15H25N3.